The highest BCUT2D eigenvalue weighted by Crippen LogP contribution is 2.31. The number of halogens is 2. The first-order chi connectivity index (χ1) is 8.11. The lowest BCUT2D eigenvalue weighted by Crippen LogP contribution is -2.29. The molecule has 2 atom stereocenters. The molecule has 0 bridgehead atoms. The Balaban J connectivity index is 2.92. The highest BCUT2D eigenvalue weighted by atomic mass is 35.5. The second-order valence-electron chi connectivity index (χ2n) is 3.95. The van der Waals surface area contributed by atoms with Crippen molar-refractivity contribution in [3.05, 3.63) is 33.8 Å². The lowest BCUT2D eigenvalue weighted by molar-refractivity contribution is 0.0374. The molecular formula is C13H19Cl2NO. The maximum Gasteiger partial charge on any atom is 0.0767 e. The highest BCUT2D eigenvalue weighted by molar-refractivity contribution is 6.42. The van der Waals surface area contributed by atoms with E-state index in [4.69, 9.17) is 33.7 Å². The number of hydrogen-bond donors (Lipinski definition) is 1. The van der Waals surface area contributed by atoms with Gasteiger partial charge in [-0.2, -0.15) is 0 Å². The molecule has 2 N–H and O–H groups in total. The van der Waals surface area contributed by atoms with Crippen molar-refractivity contribution in [2.45, 2.75) is 38.8 Å². The zero-order valence-electron chi connectivity index (χ0n) is 10.2. The van der Waals surface area contributed by atoms with Crippen molar-refractivity contribution in [2.24, 2.45) is 5.73 Å². The summed E-state index contributed by atoms with van der Waals surface area (Å²) in [5.41, 5.74) is 7.07. The van der Waals surface area contributed by atoms with Crippen LogP contribution in [-0.4, -0.2) is 12.7 Å². The lowest BCUT2D eigenvalue weighted by Gasteiger charge is -2.24. The van der Waals surface area contributed by atoms with Gasteiger partial charge in [-0.25, -0.2) is 0 Å². The van der Waals surface area contributed by atoms with Crippen LogP contribution in [0.1, 0.15) is 38.3 Å². The first kappa shape index (κ1) is 14.8. The molecule has 0 amide bonds. The molecule has 0 radical (unpaired) electrons. The van der Waals surface area contributed by atoms with Gasteiger partial charge in [0.25, 0.3) is 0 Å². The minimum atomic E-state index is -0.235. The van der Waals surface area contributed by atoms with Crippen molar-refractivity contribution in [3.8, 4) is 0 Å². The minimum absolute atomic E-state index is 0.0130. The fourth-order valence-corrected chi connectivity index (χ4v) is 2.28. The fourth-order valence-electron chi connectivity index (χ4n) is 1.84. The molecule has 0 saturated carbocycles. The van der Waals surface area contributed by atoms with Crippen LogP contribution in [0.25, 0.3) is 0 Å². The molecule has 0 heterocycles. The Labute approximate surface area is 113 Å². The van der Waals surface area contributed by atoms with Crippen LogP contribution in [0.4, 0.5) is 0 Å². The van der Waals surface area contributed by atoms with Crippen molar-refractivity contribution >= 4 is 23.2 Å². The third-order valence-corrected chi connectivity index (χ3v) is 3.53. The molecule has 1 rings (SSSR count). The van der Waals surface area contributed by atoms with E-state index in [0.717, 1.165) is 18.4 Å². The summed E-state index contributed by atoms with van der Waals surface area (Å²) in [6.45, 7) is 4.73. The summed E-state index contributed by atoms with van der Waals surface area (Å²) in [5.74, 6) is 0. The van der Waals surface area contributed by atoms with Crippen molar-refractivity contribution in [3.63, 3.8) is 0 Å². The van der Waals surface area contributed by atoms with Crippen LogP contribution < -0.4 is 5.73 Å². The van der Waals surface area contributed by atoms with Crippen molar-refractivity contribution in [2.75, 3.05) is 6.61 Å². The van der Waals surface area contributed by atoms with Crippen LogP contribution in [0.2, 0.25) is 10.0 Å². The molecule has 1 aromatic rings. The summed E-state index contributed by atoms with van der Waals surface area (Å²) in [5, 5.41) is 1.06. The van der Waals surface area contributed by atoms with E-state index in [1.807, 2.05) is 19.1 Å². The Morgan fingerprint density at radius 3 is 2.59 bits per heavy atom. The number of benzene rings is 1. The maximum absolute atomic E-state index is 6.21. The van der Waals surface area contributed by atoms with E-state index in [1.165, 1.54) is 0 Å². The molecule has 4 heteroatoms. The molecule has 1 aromatic carbocycles. The Morgan fingerprint density at radius 1 is 1.29 bits per heavy atom. The zero-order chi connectivity index (χ0) is 12.8. The van der Waals surface area contributed by atoms with E-state index in [1.54, 1.807) is 6.07 Å². The third kappa shape index (κ3) is 3.85. The first-order valence-corrected chi connectivity index (χ1v) is 6.68. The molecule has 0 aliphatic rings. The van der Waals surface area contributed by atoms with Gasteiger partial charge in [0.05, 0.1) is 22.2 Å². The molecule has 0 aliphatic heterocycles. The van der Waals surface area contributed by atoms with Crippen LogP contribution in [-0.2, 0) is 4.74 Å². The molecule has 0 aliphatic carbocycles. The predicted molar refractivity (Wildman–Crippen MR) is 73.7 cm³/mol. The molecule has 17 heavy (non-hydrogen) atoms. The largest absolute Gasteiger partial charge is 0.377 e. The number of nitrogens with two attached hydrogens (primary N) is 1. The maximum atomic E-state index is 6.21. The predicted octanol–water partition coefficient (Wildman–Crippen LogP) is 4.20. The van der Waals surface area contributed by atoms with Crippen LogP contribution in [0.5, 0.6) is 0 Å². The van der Waals surface area contributed by atoms with Crippen LogP contribution in [0.15, 0.2) is 18.2 Å². The van der Waals surface area contributed by atoms with E-state index < -0.39 is 0 Å². The van der Waals surface area contributed by atoms with E-state index in [0.29, 0.717) is 16.7 Å². The fraction of sp³-hybridized carbons (Fsp3) is 0.538. The lowest BCUT2D eigenvalue weighted by atomic mass is 9.99. The van der Waals surface area contributed by atoms with Gasteiger partial charge in [0.15, 0.2) is 0 Å². The smallest absolute Gasteiger partial charge is 0.0767 e. The molecule has 0 fully saturated rings. The molecule has 0 aromatic heterocycles. The SMILES string of the molecule is CCCC(OCC)C(N)c1cccc(Cl)c1Cl. The van der Waals surface area contributed by atoms with Crippen molar-refractivity contribution in [1.82, 2.24) is 0 Å². The van der Waals surface area contributed by atoms with Gasteiger partial charge in [-0.3, -0.25) is 0 Å². The topological polar surface area (TPSA) is 35.2 Å². The van der Waals surface area contributed by atoms with E-state index >= 15 is 0 Å². The van der Waals surface area contributed by atoms with Crippen molar-refractivity contribution < 1.29 is 4.74 Å². The van der Waals surface area contributed by atoms with Crippen molar-refractivity contribution in [1.29, 1.82) is 0 Å². The average Bonchev–Trinajstić information content (AvgIpc) is 2.31. The van der Waals surface area contributed by atoms with Gasteiger partial charge in [-0.05, 0) is 25.0 Å². The quantitative estimate of drug-likeness (QED) is 0.845. The van der Waals surface area contributed by atoms with Gasteiger partial charge < -0.3 is 10.5 Å². The monoisotopic (exact) mass is 275 g/mol. The summed E-state index contributed by atoms with van der Waals surface area (Å²) < 4.78 is 5.67. The van der Waals surface area contributed by atoms with E-state index in [2.05, 4.69) is 6.92 Å². The Hall–Kier alpha value is -0.280. The molecular weight excluding hydrogens is 257 g/mol. The van der Waals surface area contributed by atoms with Gasteiger partial charge in [-0.1, -0.05) is 48.7 Å². The van der Waals surface area contributed by atoms with Crippen LogP contribution in [0.3, 0.4) is 0 Å². The summed E-state index contributed by atoms with van der Waals surface area (Å²) in [6, 6.07) is 5.29. The first-order valence-electron chi connectivity index (χ1n) is 5.92. The van der Waals surface area contributed by atoms with Gasteiger partial charge >= 0.3 is 0 Å². The molecule has 2 unspecified atom stereocenters. The Kier molecular flexibility index (Phi) is 6.28. The summed E-state index contributed by atoms with van der Waals surface area (Å²) in [7, 11) is 0. The van der Waals surface area contributed by atoms with Gasteiger partial charge in [0.1, 0.15) is 0 Å². The summed E-state index contributed by atoms with van der Waals surface area (Å²) in [6.07, 6.45) is 1.93. The van der Waals surface area contributed by atoms with E-state index in [9.17, 15) is 0 Å². The van der Waals surface area contributed by atoms with Gasteiger partial charge in [0.2, 0.25) is 0 Å². The second kappa shape index (κ2) is 7.22. The third-order valence-electron chi connectivity index (χ3n) is 2.70. The standard InChI is InChI=1S/C13H19Cl2NO/c1-3-6-11(17-4-2)13(16)9-7-5-8-10(14)12(9)15/h5,7-8,11,13H,3-4,6,16H2,1-2H3. The van der Waals surface area contributed by atoms with Crippen LogP contribution in [0, 0.1) is 0 Å². The highest BCUT2D eigenvalue weighted by Gasteiger charge is 2.21. The van der Waals surface area contributed by atoms with Gasteiger partial charge in [0, 0.05) is 6.61 Å². The molecule has 0 spiro atoms. The number of hydrogen-bond acceptors (Lipinski definition) is 2. The number of ether oxygens (including phenoxy) is 1. The van der Waals surface area contributed by atoms with Crippen LogP contribution >= 0.6 is 23.2 Å². The zero-order valence-corrected chi connectivity index (χ0v) is 11.8. The van der Waals surface area contributed by atoms with Gasteiger partial charge in [-0.15, -0.1) is 0 Å². The average molecular weight is 276 g/mol. The molecule has 96 valence electrons. The minimum Gasteiger partial charge on any atom is -0.377 e. The van der Waals surface area contributed by atoms with E-state index in [-0.39, 0.29) is 12.1 Å². The molecule has 2 nitrogen and oxygen atoms in total. The second-order valence-corrected chi connectivity index (χ2v) is 4.74. The normalized spacial score (nSPS) is 14.6. The Bertz CT molecular complexity index is 351. The Morgan fingerprint density at radius 2 is 2.00 bits per heavy atom. The molecule has 0 saturated heterocycles. The number of rotatable bonds is 6. The summed E-state index contributed by atoms with van der Waals surface area (Å²) in [4.78, 5) is 0. The summed E-state index contributed by atoms with van der Waals surface area (Å²) >= 11 is 12.2.